The summed E-state index contributed by atoms with van der Waals surface area (Å²) in [5.74, 6) is 0.961. The summed E-state index contributed by atoms with van der Waals surface area (Å²) in [4.78, 5) is 11.1. The van der Waals surface area contributed by atoms with Crippen LogP contribution in [-0.4, -0.2) is 25.2 Å². The van der Waals surface area contributed by atoms with Gasteiger partial charge in [0.15, 0.2) is 9.84 Å². The molecule has 96 valence electrons. The molecular weight excluding hydrogens is 252 g/mol. The Balaban J connectivity index is 3.25. The molecule has 1 aromatic rings. The van der Waals surface area contributed by atoms with Crippen molar-refractivity contribution in [1.29, 1.82) is 0 Å². The molecule has 5 heteroatoms. The number of hydrogen-bond acceptors (Lipinski definition) is 3. The summed E-state index contributed by atoms with van der Waals surface area (Å²) in [5, 5.41) is 9.04. The van der Waals surface area contributed by atoms with Crippen LogP contribution in [0.5, 0.6) is 0 Å². The van der Waals surface area contributed by atoms with Crippen molar-refractivity contribution in [3.05, 3.63) is 29.3 Å². The quantitative estimate of drug-likeness (QED) is 0.824. The van der Waals surface area contributed by atoms with E-state index in [-0.39, 0.29) is 22.6 Å². The van der Waals surface area contributed by atoms with Crippen LogP contribution in [0, 0.1) is 12.3 Å². The second-order valence-corrected chi connectivity index (χ2v) is 5.86. The molecule has 0 fully saturated rings. The van der Waals surface area contributed by atoms with E-state index in [0.29, 0.717) is 12.0 Å². The van der Waals surface area contributed by atoms with E-state index in [9.17, 15) is 13.2 Å². The van der Waals surface area contributed by atoms with Gasteiger partial charge in [0.05, 0.1) is 16.2 Å². The van der Waals surface area contributed by atoms with Crippen LogP contribution in [0.15, 0.2) is 23.1 Å². The van der Waals surface area contributed by atoms with E-state index >= 15 is 0 Å². The van der Waals surface area contributed by atoms with Gasteiger partial charge in [0.1, 0.15) is 0 Å². The molecule has 0 saturated carbocycles. The van der Waals surface area contributed by atoms with Crippen molar-refractivity contribution in [2.24, 2.45) is 0 Å². The number of hydrogen-bond donors (Lipinski definition) is 1. The molecule has 0 amide bonds. The summed E-state index contributed by atoms with van der Waals surface area (Å²) in [6, 6.07) is 4.16. The Morgan fingerprint density at radius 2 is 2.11 bits per heavy atom. The number of carboxylic acids is 1. The molecule has 1 N–H and O–H groups in total. The van der Waals surface area contributed by atoms with Crippen LogP contribution in [0.25, 0.3) is 0 Å². The van der Waals surface area contributed by atoms with Crippen molar-refractivity contribution in [3.8, 4) is 12.3 Å². The molecule has 0 saturated heterocycles. The van der Waals surface area contributed by atoms with Gasteiger partial charge in [0.25, 0.3) is 0 Å². The predicted octanol–water partition coefficient (Wildman–Crippen LogP) is 1.74. The SMILES string of the molecule is C#CCCS(=O)(=O)c1ccc(CC)c(C(=O)O)c1. The number of carboxylic acid groups (broad SMARTS) is 1. The lowest BCUT2D eigenvalue weighted by Gasteiger charge is -2.07. The van der Waals surface area contributed by atoms with Gasteiger partial charge in [-0.15, -0.1) is 12.3 Å². The van der Waals surface area contributed by atoms with E-state index in [1.54, 1.807) is 0 Å². The highest BCUT2D eigenvalue weighted by molar-refractivity contribution is 7.91. The average molecular weight is 266 g/mol. The second kappa shape index (κ2) is 5.69. The van der Waals surface area contributed by atoms with E-state index < -0.39 is 15.8 Å². The molecule has 0 spiro atoms. The number of benzene rings is 1. The standard InChI is InChI=1S/C13H14O4S/c1-3-5-8-18(16,17)11-7-6-10(4-2)12(9-11)13(14)15/h1,6-7,9H,4-5,8H2,2H3,(H,14,15). The van der Waals surface area contributed by atoms with Crippen LogP contribution < -0.4 is 0 Å². The van der Waals surface area contributed by atoms with Gasteiger partial charge in [-0.25, -0.2) is 13.2 Å². The third-order valence-electron chi connectivity index (χ3n) is 2.57. The number of aromatic carboxylic acids is 1. The Kier molecular flexibility index (Phi) is 4.51. The van der Waals surface area contributed by atoms with E-state index in [1.807, 2.05) is 6.92 Å². The Hall–Kier alpha value is -1.80. The summed E-state index contributed by atoms with van der Waals surface area (Å²) in [7, 11) is -3.51. The summed E-state index contributed by atoms with van der Waals surface area (Å²) in [5.41, 5.74) is 0.637. The number of terminal acetylenes is 1. The summed E-state index contributed by atoms with van der Waals surface area (Å²) in [6.07, 6.45) is 5.67. The lowest BCUT2D eigenvalue weighted by molar-refractivity contribution is 0.0695. The monoisotopic (exact) mass is 266 g/mol. The first-order valence-corrected chi connectivity index (χ1v) is 7.10. The largest absolute Gasteiger partial charge is 0.478 e. The number of carbonyl (C=O) groups is 1. The maximum absolute atomic E-state index is 11.9. The Labute approximate surface area is 107 Å². The van der Waals surface area contributed by atoms with Gasteiger partial charge in [-0.2, -0.15) is 0 Å². The maximum Gasteiger partial charge on any atom is 0.336 e. The van der Waals surface area contributed by atoms with Crippen molar-refractivity contribution in [1.82, 2.24) is 0 Å². The van der Waals surface area contributed by atoms with E-state index in [0.717, 1.165) is 0 Å². The highest BCUT2D eigenvalue weighted by Crippen LogP contribution is 2.18. The van der Waals surface area contributed by atoms with Gasteiger partial charge in [-0.05, 0) is 24.1 Å². The Morgan fingerprint density at radius 1 is 1.44 bits per heavy atom. The Morgan fingerprint density at radius 3 is 2.61 bits per heavy atom. The first-order valence-electron chi connectivity index (χ1n) is 5.44. The van der Waals surface area contributed by atoms with Crippen LogP contribution >= 0.6 is 0 Å². The molecule has 0 bridgehead atoms. The molecule has 1 aromatic carbocycles. The minimum absolute atomic E-state index is 0.00681. The number of rotatable bonds is 5. The zero-order chi connectivity index (χ0) is 13.8. The van der Waals surface area contributed by atoms with E-state index in [4.69, 9.17) is 11.5 Å². The average Bonchev–Trinajstić information content (AvgIpc) is 2.35. The highest BCUT2D eigenvalue weighted by Gasteiger charge is 2.17. The number of aryl methyl sites for hydroxylation is 1. The van der Waals surface area contributed by atoms with E-state index in [2.05, 4.69) is 5.92 Å². The fraction of sp³-hybridized carbons (Fsp3) is 0.308. The first kappa shape index (κ1) is 14.3. The normalized spacial score (nSPS) is 10.9. The van der Waals surface area contributed by atoms with Crippen LogP contribution in [0.4, 0.5) is 0 Å². The van der Waals surface area contributed by atoms with Gasteiger partial charge >= 0.3 is 5.97 Å². The molecule has 1 rings (SSSR count). The maximum atomic E-state index is 11.9. The van der Waals surface area contributed by atoms with Crippen LogP contribution in [-0.2, 0) is 16.3 Å². The molecular formula is C13H14O4S. The summed E-state index contributed by atoms with van der Waals surface area (Å²) >= 11 is 0. The second-order valence-electron chi connectivity index (χ2n) is 3.75. The minimum atomic E-state index is -3.51. The van der Waals surface area contributed by atoms with Crippen molar-refractivity contribution in [3.63, 3.8) is 0 Å². The third kappa shape index (κ3) is 3.11. The molecule has 0 aromatic heterocycles. The van der Waals surface area contributed by atoms with Crippen molar-refractivity contribution in [2.75, 3.05) is 5.75 Å². The highest BCUT2D eigenvalue weighted by atomic mass is 32.2. The first-order chi connectivity index (χ1) is 8.42. The van der Waals surface area contributed by atoms with Gasteiger partial charge in [0.2, 0.25) is 0 Å². The molecule has 0 unspecified atom stereocenters. The van der Waals surface area contributed by atoms with Crippen molar-refractivity contribution >= 4 is 15.8 Å². The zero-order valence-electron chi connectivity index (χ0n) is 10.0. The predicted molar refractivity (Wildman–Crippen MR) is 68.3 cm³/mol. The van der Waals surface area contributed by atoms with Crippen LogP contribution in [0.2, 0.25) is 0 Å². The lowest BCUT2D eigenvalue weighted by atomic mass is 10.1. The van der Waals surface area contributed by atoms with Crippen LogP contribution in [0.1, 0.15) is 29.3 Å². The Bertz CT molecular complexity index is 594. The fourth-order valence-corrected chi connectivity index (χ4v) is 2.76. The minimum Gasteiger partial charge on any atom is -0.478 e. The third-order valence-corrected chi connectivity index (χ3v) is 4.28. The topological polar surface area (TPSA) is 71.4 Å². The van der Waals surface area contributed by atoms with Gasteiger partial charge in [-0.3, -0.25) is 0 Å². The molecule has 0 aliphatic carbocycles. The summed E-state index contributed by atoms with van der Waals surface area (Å²) < 4.78 is 23.8. The fourth-order valence-electron chi connectivity index (χ4n) is 1.57. The molecule has 18 heavy (non-hydrogen) atoms. The van der Waals surface area contributed by atoms with Crippen molar-refractivity contribution in [2.45, 2.75) is 24.7 Å². The van der Waals surface area contributed by atoms with Gasteiger partial charge in [0, 0.05) is 6.42 Å². The number of sulfone groups is 1. The molecule has 0 atom stereocenters. The summed E-state index contributed by atoms with van der Waals surface area (Å²) in [6.45, 7) is 1.81. The lowest BCUT2D eigenvalue weighted by Crippen LogP contribution is -2.09. The van der Waals surface area contributed by atoms with Gasteiger partial charge in [-0.1, -0.05) is 13.0 Å². The molecule has 0 radical (unpaired) electrons. The van der Waals surface area contributed by atoms with Crippen LogP contribution in [0.3, 0.4) is 0 Å². The van der Waals surface area contributed by atoms with Crippen molar-refractivity contribution < 1.29 is 18.3 Å². The molecule has 0 aliphatic heterocycles. The molecule has 0 aliphatic rings. The molecule has 0 heterocycles. The smallest absolute Gasteiger partial charge is 0.336 e. The zero-order valence-corrected chi connectivity index (χ0v) is 10.8. The van der Waals surface area contributed by atoms with E-state index in [1.165, 1.54) is 18.2 Å². The van der Waals surface area contributed by atoms with Gasteiger partial charge < -0.3 is 5.11 Å². The molecule has 4 nitrogen and oxygen atoms in total.